The lowest BCUT2D eigenvalue weighted by atomic mass is 10.1. The molecule has 0 amide bonds. The number of aliphatic hydroxyl groups excluding tert-OH is 1. The fourth-order valence-electron chi connectivity index (χ4n) is 1.78. The molecule has 2 aromatic rings. The van der Waals surface area contributed by atoms with Gasteiger partial charge in [0.05, 0.1) is 13.2 Å². The first kappa shape index (κ1) is 13.7. The first-order chi connectivity index (χ1) is 9.20. The van der Waals surface area contributed by atoms with Crippen LogP contribution in [0.25, 0.3) is 0 Å². The molecule has 0 spiro atoms. The second-order valence-electron chi connectivity index (χ2n) is 4.15. The van der Waals surface area contributed by atoms with Gasteiger partial charge in [-0.1, -0.05) is 29.8 Å². The minimum absolute atomic E-state index is 0.399. The highest BCUT2D eigenvalue weighted by Crippen LogP contribution is 2.23. The number of methoxy groups -OCH3 is 1. The Balaban J connectivity index is 1.96. The third-order valence-corrected chi connectivity index (χ3v) is 3.20. The van der Waals surface area contributed by atoms with E-state index in [4.69, 9.17) is 16.3 Å². The smallest absolute Gasteiger partial charge is 0.119 e. The lowest BCUT2D eigenvalue weighted by Gasteiger charge is -2.14. The Morgan fingerprint density at radius 3 is 2.47 bits per heavy atom. The van der Waals surface area contributed by atoms with Gasteiger partial charge < -0.3 is 15.2 Å². The molecule has 0 bridgehead atoms. The van der Waals surface area contributed by atoms with Gasteiger partial charge in [0, 0.05) is 22.8 Å². The first-order valence-corrected chi connectivity index (χ1v) is 6.39. The highest BCUT2D eigenvalue weighted by molar-refractivity contribution is 6.31. The molecule has 0 aliphatic rings. The van der Waals surface area contributed by atoms with Gasteiger partial charge in [-0.25, -0.2) is 0 Å². The standard InChI is InChI=1S/C15H16ClNO2/c1-19-12-8-6-11(7-9-12)17-10-15(18)13-4-2-3-5-14(13)16/h2-9,15,17-18H,10H2,1H3. The van der Waals surface area contributed by atoms with Crippen LogP contribution in [0.4, 0.5) is 5.69 Å². The van der Waals surface area contributed by atoms with Gasteiger partial charge in [0.2, 0.25) is 0 Å². The van der Waals surface area contributed by atoms with Crippen LogP contribution < -0.4 is 10.1 Å². The molecule has 0 saturated carbocycles. The van der Waals surface area contributed by atoms with Crippen molar-refractivity contribution in [2.45, 2.75) is 6.10 Å². The van der Waals surface area contributed by atoms with Gasteiger partial charge in [0.25, 0.3) is 0 Å². The lowest BCUT2D eigenvalue weighted by Crippen LogP contribution is -2.12. The van der Waals surface area contributed by atoms with Gasteiger partial charge >= 0.3 is 0 Å². The van der Waals surface area contributed by atoms with Crippen molar-refractivity contribution in [1.82, 2.24) is 0 Å². The molecule has 1 atom stereocenters. The Labute approximate surface area is 117 Å². The highest BCUT2D eigenvalue weighted by Gasteiger charge is 2.10. The van der Waals surface area contributed by atoms with Crippen molar-refractivity contribution in [1.29, 1.82) is 0 Å². The molecule has 1 unspecified atom stereocenters. The quantitative estimate of drug-likeness (QED) is 0.879. The molecule has 0 heterocycles. The van der Waals surface area contributed by atoms with Gasteiger partial charge in [-0.3, -0.25) is 0 Å². The minimum Gasteiger partial charge on any atom is -0.497 e. The molecule has 0 saturated heterocycles. The maximum atomic E-state index is 10.1. The molecule has 3 nitrogen and oxygen atoms in total. The highest BCUT2D eigenvalue weighted by atomic mass is 35.5. The average Bonchev–Trinajstić information content (AvgIpc) is 2.46. The minimum atomic E-state index is -0.643. The second-order valence-corrected chi connectivity index (χ2v) is 4.55. The summed E-state index contributed by atoms with van der Waals surface area (Å²) in [7, 11) is 1.63. The Kier molecular flexibility index (Phi) is 4.66. The van der Waals surface area contributed by atoms with E-state index in [1.54, 1.807) is 13.2 Å². The van der Waals surface area contributed by atoms with Gasteiger partial charge in [-0.05, 0) is 30.3 Å². The molecule has 0 aliphatic carbocycles. The summed E-state index contributed by atoms with van der Waals surface area (Å²) in [6.07, 6.45) is -0.643. The van der Waals surface area contributed by atoms with Crippen LogP contribution in [0.15, 0.2) is 48.5 Å². The zero-order valence-electron chi connectivity index (χ0n) is 10.6. The molecule has 19 heavy (non-hydrogen) atoms. The number of hydrogen-bond acceptors (Lipinski definition) is 3. The third kappa shape index (κ3) is 3.63. The predicted octanol–water partition coefficient (Wildman–Crippen LogP) is 3.49. The summed E-state index contributed by atoms with van der Waals surface area (Å²) in [5, 5.41) is 13.8. The summed E-state index contributed by atoms with van der Waals surface area (Å²) in [6, 6.07) is 14.8. The lowest BCUT2D eigenvalue weighted by molar-refractivity contribution is 0.192. The van der Waals surface area contributed by atoms with Crippen molar-refractivity contribution in [3.05, 3.63) is 59.1 Å². The fourth-order valence-corrected chi connectivity index (χ4v) is 2.04. The molecule has 2 N–H and O–H groups in total. The fraction of sp³-hybridized carbons (Fsp3) is 0.200. The predicted molar refractivity (Wildman–Crippen MR) is 77.9 cm³/mol. The first-order valence-electron chi connectivity index (χ1n) is 6.01. The molecule has 2 rings (SSSR count). The van der Waals surface area contributed by atoms with Crippen LogP contribution >= 0.6 is 11.6 Å². The second kappa shape index (κ2) is 6.45. The van der Waals surface area contributed by atoms with Crippen molar-refractivity contribution in [2.24, 2.45) is 0 Å². The van der Waals surface area contributed by atoms with Gasteiger partial charge in [0.1, 0.15) is 5.75 Å². The van der Waals surface area contributed by atoms with Crippen molar-refractivity contribution >= 4 is 17.3 Å². The maximum absolute atomic E-state index is 10.1. The van der Waals surface area contributed by atoms with E-state index in [1.807, 2.05) is 42.5 Å². The van der Waals surface area contributed by atoms with Crippen LogP contribution in [0, 0.1) is 0 Å². The number of benzene rings is 2. The SMILES string of the molecule is COc1ccc(NCC(O)c2ccccc2Cl)cc1. The van der Waals surface area contributed by atoms with E-state index in [0.717, 1.165) is 17.0 Å². The molecule has 0 aliphatic heterocycles. The van der Waals surface area contributed by atoms with Crippen molar-refractivity contribution in [3.63, 3.8) is 0 Å². The number of halogens is 1. The van der Waals surface area contributed by atoms with E-state index in [9.17, 15) is 5.11 Å². The summed E-state index contributed by atoms with van der Waals surface area (Å²) >= 11 is 6.04. The number of aliphatic hydroxyl groups is 1. The average molecular weight is 278 g/mol. The molecular weight excluding hydrogens is 262 g/mol. The molecule has 4 heteroatoms. The largest absolute Gasteiger partial charge is 0.497 e. The number of hydrogen-bond donors (Lipinski definition) is 2. The van der Waals surface area contributed by atoms with Crippen LogP contribution in [0.1, 0.15) is 11.7 Å². The van der Waals surface area contributed by atoms with Gasteiger partial charge in [-0.15, -0.1) is 0 Å². The molecule has 0 fully saturated rings. The zero-order chi connectivity index (χ0) is 13.7. The van der Waals surface area contributed by atoms with Gasteiger partial charge in [-0.2, -0.15) is 0 Å². The zero-order valence-corrected chi connectivity index (χ0v) is 11.4. The summed E-state index contributed by atoms with van der Waals surface area (Å²) in [5.41, 5.74) is 1.65. The molecule has 2 aromatic carbocycles. The molecular formula is C15H16ClNO2. The normalized spacial score (nSPS) is 11.9. The molecule has 0 aromatic heterocycles. The van der Waals surface area contributed by atoms with Crippen LogP contribution in [-0.4, -0.2) is 18.8 Å². The van der Waals surface area contributed by atoms with Crippen molar-refractivity contribution in [3.8, 4) is 5.75 Å². The monoisotopic (exact) mass is 277 g/mol. The van der Waals surface area contributed by atoms with Crippen LogP contribution in [0.2, 0.25) is 5.02 Å². The van der Waals surface area contributed by atoms with E-state index < -0.39 is 6.10 Å². The maximum Gasteiger partial charge on any atom is 0.119 e. The van der Waals surface area contributed by atoms with E-state index in [0.29, 0.717) is 11.6 Å². The number of rotatable bonds is 5. The molecule has 0 radical (unpaired) electrons. The van der Waals surface area contributed by atoms with E-state index >= 15 is 0 Å². The van der Waals surface area contributed by atoms with Crippen molar-refractivity contribution in [2.75, 3.05) is 19.0 Å². The molecule has 100 valence electrons. The van der Waals surface area contributed by atoms with E-state index in [-0.39, 0.29) is 0 Å². The Morgan fingerprint density at radius 2 is 1.84 bits per heavy atom. The van der Waals surface area contributed by atoms with Crippen LogP contribution in [0.5, 0.6) is 5.75 Å². The van der Waals surface area contributed by atoms with Crippen LogP contribution in [0.3, 0.4) is 0 Å². The number of ether oxygens (including phenoxy) is 1. The summed E-state index contributed by atoms with van der Waals surface area (Å²) < 4.78 is 5.09. The number of anilines is 1. The Hall–Kier alpha value is -1.71. The van der Waals surface area contributed by atoms with Crippen molar-refractivity contribution < 1.29 is 9.84 Å². The van der Waals surface area contributed by atoms with Crippen LogP contribution in [-0.2, 0) is 0 Å². The summed E-state index contributed by atoms with van der Waals surface area (Å²) in [5.74, 6) is 0.803. The van der Waals surface area contributed by atoms with E-state index in [2.05, 4.69) is 5.32 Å². The summed E-state index contributed by atoms with van der Waals surface area (Å²) in [6.45, 7) is 0.399. The van der Waals surface area contributed by atoms with Gasteiger partial charge in [0.15, 0.2) is 0 Å². The topological polar surface area (TPSA) is 41.5 Å². The third-order valence-electron chi connectivity index (χ3n) is 2.85. The Morgan fingerprint density at radius 1 is 1.16 bits per heavy atom. The Bertz CT molecular complexity index is 528. The van der Waals surface area contributed by atoms with E-state index in [1.165, 1.54) is 0 Å². The number of nitrogens with one attached hydrogen (secondary N) is 1. The summed E-state index contributed by atoms with van der Waals surface area (Å²) in [4.78, 5) is 0.